The highest BCUT2D eigenvalue weighted by Gasteiger charge is 2.17. The predicted molar refractivity (Wildman–Crippen MR) is 118 cm³/mol. The second kappa shape index (κ2) is 9.00. The summed E-state index contributed by atoms with van der Waals surface area (Å²) >= 11 is 0. The smallest absolute Gasteiger partial charge is 0.265 e. The van der Waals surface area contributed by atoms with Gasteiger partial charge in [-0.3, -0.25) is 9.52 Å². The van der Waals surface area contributed by atoms with Crippen LogP contribution < -0.4 is 14.8 Å². The molecule has 30 heavy (non-hydrogen) atoms. The van der Waals surface area contributed by atoms with E-state index >= 15 is 0 Å². The molecule has 3 rings (SSSR count). The van der Waals surface area contributed by atoms with E-state index in [1.165, 1.54) is 12.1 Å². The Morgan fingerprint density at radius 1 is 0.800 bits per heavy atom. The number of ether oxygens (including phenoxy) is 1. The van der Waals surface area contributed by atoms with E-state index < -0.39 is 16.1 Å². The molecule has 0 heterocycles. The van der Waals surface area contributed by atoms with Gasteiger partial charge in [-0.1, -0.05) is 35.4 Å². The molecule has 6 nitrogen and oxygen atoms in total. The van der Waals surface area contributed by atoms with Crippen molar-refractivity contribution < 1.29 is 17.9 Å². The molecular weight excluding hydrogens is 400 g/mol. The zero-order valence-electron chi connectivity index (χ0n) is 17.0. The quantitative estimate of drug-likeness (QED) is 0.584. The maximum atomic E-state index is 12.5. The third-order valence-corrected chi connectivity index (χ3v) is 5.84. The molecule has 1 atom stereocenters. The van der Waals surface area contributed by atoms with Crippen molar-refractivity contribution in [1.29, 1.82) is 0 Å². The Labute approximate surface area is 177 Å². The minimum atomic E-state index is -3.72. The third-order valence-electron chi connectivity index (χ3n) is 4.44. The maximum absolute atomic E-state index is 12.5. The first kappa shape index (κ1) is 21.4. The predicted octanol–water partition coefficient (Wildman–Crippen LogP) is 4.51. The van der Waals surface area contributed by atoms with Gasteiger partial charge in [0.15, 0.2) is 6.10 Å². The van der Waals surface area contributed by atoms with Gasteiger partial charge in [0.25, 0.3) is 15.9 Å². The number of nitrogens with one attached hydrogen (secondary N) is 2. The minimum absolute atomic E-state index is 0.102. The van der Waals surface area contributed by atoms with E-state index in [0.29, 0.717) is 17.1 Å². The van der Waals surface area contributed by atoms with Crippen molar-refractivity contribution in [3.8, 4) is 5.75 Å². The Morgan fingerprint density at radius 3 is 1.87 bits per heavy atom. The second-order valence-electron chi connectivity index (χ2n) is 7.06. The molecule has 0 fully saturated rings. The molecule has 0 spiro atoms. The van der Waals surface area contributed by atoms with E-state index in [-0.39, 0.29) is 10.8 Å². The molecule has 1 amide bonds. The van der Waals surface area contributed by atoms with E-state index in [9.17, 15) is 13.2 Å². The van der Waals surface area contributed by atoms with Crippen molar-refractivity contribution in [2.24, 2.45) is 0 Å². The largest absolute Gasteiger partial charge is 0.481 e. The Hall–Kier alpha value is -3.32. The number of anilines is 2. The van der Waals surface area contributed by atoms with Crippen molar-refractivity contribution in [3.63, 3.8) is 0 Å². The van der Waals surface area contributed by atoms with Crippen molar-refractivity contribution in [2.75, 3.05) is 10.0 Å². The monoisotopic (exact) mass is 424 g/mol. The molecule has 156 valence electrons. The van der Waals surface area contributed by atoms with E-state index in [2.05, 4.69) is 10.0 Å². The summed E-state index contributed by atoms with van der Waals surface area (Å²) in [6, 6.07) is 20.5. The summed E-state index contributed by atoms with van der Waals surface area (Å²) in [5, 5.41) is 2.73. The highest BCUT2D eigenvalue weighted by molar-refractivity contribution is 7.92. The molecular formula is C23H24N2O4S. The van der Waals surface area contributed by atoms with Crippen LogP contribution in [0.4, 0.5) is 11.4 Å². The Morgan fingerprint density at radius 2 is 1.30 bits per heavy atom. The average molecular weight is 425 g/mol. The average Bonchev–Trinajstić information content (AvgIpc) is 2.71. The minimum Gasteiger partial charge on any atom is -0.481 e. The molecule has 0 saturated heterocycles. The molecule has 0 aliphatic rings. The molecule has 0 aliphatic heterocycles. The molecule has 0 aliphatic carbocycles. The number of carbonyl (C=O) groups excluding carboxylic acids is 1. The summed E-state index contributed by atoms with van der Waals surface area (Å²) in [6.07, 6.45) is -0.709. The van der Waals surface area contributed by atoms with Crippen LogP contribution in [0.1, 0.15) is 18.1 Å². The lowest BCUT2D eigenvalue weighted by Gasteiger charge is -2.15. The maximum Gasteiger partial charge on any atom is 0.265 e. The van der Waals surface area contributed by atoms with Gasteiger partial charge in [-0.15, -0.1) is 0 Å². The fraction of sp³-hybridized carbons (Fsp3) is 0.174. The zero-order chi connectivity index (χ0) is 21.7. The number of benzene rings is 3. The normalized spacial score (nSPS) is 12.1. The lowest BCUT2D eigenvalue weighted by Crippen LogP contribution is -2.30. The van der Waals surface area contributed by atoms with Crippen LogP contribution in [-0.4, -0.2) is 20.4 Å². The van der Waals surface area contributed by atoms with E-state index in [0.717, 1.165) is 11.1 Å². The molecule has 3 aromatic carbocycles. The molecule has 3 aromatic rings. The van der Waals surface area contributed by atoms with E-state index in [1.807, 2.05) is 38.1 Å². The standard InChI is InChI=1S/C23H24N2O4S/c1-16-4-8-20(9-5-16)25-30(27,28)22-14-10-19(11-15-22)24-23(26)18(3)29-21-12-6-17(2)7-13-21/h4-15,18,25H,1-3H3,(H,24,26)/t18-/m1/s1. The van der Waals surface area contributed by atoms with E-state index in [1.54, 1.807) is 43.3 Å². The van der Waals surface area contributed by atoms with Gasteiger partial charge in [-0.05, 0) is 69.3 Å². The number of hydrogen-bond acceptors (Lipinski definition) is 4. The van der Waals surface area contributed by atoms with Crippen LogP contribution in [-0.2, 0) is 14.8 Å². The molecule has 0 unspecified atom stereocenters. The van der Waals surface area contributed by atoms with Crippen LogP contribution in [0.25, 0.3) is 0 Å². The summed E-state index contributed by atoms with van der Waals surface area (Å²) in [5.41, 5.74) is 3.11. The van der Waals surface area contributed by atoms with Crippen LogP contribution in [0, 0.1) is 13.8 Å². The number of carbonyl (C=O) groups is 1. The first-order chi connectivity index (χ1) is 14.2. The van der Waals surface area contributed by atoms with Gasteiger partial charge >= 0.3 is 0 Å². The van der Waals surface area contributed by atoms with Crippen LogP contribution in [0.15, 0.2) is 77.7 Å². The summed E-state index contributed by atoms with van der Waals surface area (Å²) in [4.78, 5) is 12.5. The van der Waals surface area contributed by atoms with Gasteiger partial charge < -0.3 is 10.1 Å². The van der Waals surface area contributed by atoms with Crippen molar-refractivity contribution in [2.45, 2.75) is 31.8 Å². The lowest BCUT2D eigenvalue weighted by molar-refractivity contribution is -0.122. The van der Waals surface area contributed by atoms with Crippen molar-refractivity contribution >= 4 is 27.3 Å². The first-order valence-corrected chi connectivity index (χ1v) is 10.9. The summed E-state index contributed by atoms with van der Waals surface area (Å²) in [6.45, 7) is 5.55. The molecule has 0 bridgehead atoms. The van der Waals surface area contributed by atoms with Gasteiger partial charge in [0.1, 0.15) is 5.75 Å². The SMILES string of the molecule is Cc1ccc(NS(=O)(=O)c2ccc(NC(=O)[C@@H](C)Oc3ccc(C)cc3)cc2)cc1. The second-order valence-corrected chi connectivity index (χ2v) is 8.74. The number of hydrogen-bond donors (Lipinski definition) is 2. The van der Waals surface area contributed by atoms with Gasteiger partial charge in [0, 0.05) is 11.4 Å². The zero-order valence-corrected chi connectivity index (χ0v) is 17.9. The van der Waals surface area contributed by atoms with Crippen LogP contribution in [0.5, 0.6) is 5.75 Å². The van der Waals surface area contributed by atoms with Crippen LogP contribution in [0.3, 0.4) is 0 Å². The van der Waals surface area contributed by atoms with Gasteiger partial charge in [-0.2, -0.15) is 0 Å². The molecule has 7 heteroatoms. The Bertz CT molecular complexity index is 1110. The summed E-state index contributed by atoms with van der Waals surface area (Å²) < 4.78 is 33.2. The van der Waals surface area contributed by atoms with Gasteiger partial charge in [0.2, 0.25) is 0 Å². The Balaban J connectivity index is 1.62. The number of aryl methyl sites for hydroxylation is 2. The summed E-state index contributed by atoms with van der Waals surface area (Å²) in [5.74, 6) is 0.274. The lowest BCUT2D eigenvalue weighted by atomic mass is 10.2. The fourth-order valence-electron chi connectivity index (χ4n) is 2.67. The first-order valence-electron chi connectivity index (χ1n) is 9.47. The molecule has 2 N–H and O–H groups in total. The molecule has 0 aromatic heterocycles. The number of sulfonamides is 1. The Kier molecular flexibility index (Phi) is 6.42. The highest BCUT2D eigenvalue weighted by Crippen LogP contribution is 2.19. The number of amides is 1. The number of rotatable bonds is 7. The fourth-order valence-corrected chi connectivity index (χ4v) is 3.73. The van der Waals surface area contributed by atoms with E-state index in [4.69, 9.17) is 4.74 Å². The third kappa shape index (κ3) is 5.61. The van der Waals surface area contributed by atoms with Gasteiger partial charge in [0.05, 0.1) is 4.90 Å². The van der Waals surface area contributed by atoms with Crippen molar-refractivity contribution in [1.82, 2.24) is 0 Å². The van der Waals surface area contributed by atoms with Crippen LogP contribution in [0.2, 0.25) is 0 Å². The van der Waals surface area contributed by atoms with Crippen LogP contribution >= 0.6 is 0 Å². The topological polar surface area (TPSA) is 84.5 Å². The molecule has 0 radical (unpaired) electrons. The summed E-state index contributed by atoms with van der Waals surface area (Å²) in [7, 11) is -3.72. The molecule has 0 saturated carbocycles. The highest BCUT2D eigenvalue weighted by atomic mass is 32.2. The van der Waals surface area contributed by atoms with Crippen molar-refractivity contribution in [3.05, 3.63) is 83.9 Å². The van der Waals surface area contributed by atoms with Gasteiger partial charge in [-0.25, -0.2) is 8.42 Å².